The molecule has 1 aliphatic heterocycles. The topological polar surface area (TPSA) is 94.5 Å². The molecule has 1 N–H and O–H groups in total. The zero-order valence-electron chi connectivity index (χ0n) is 23.0. The number of benzene rings is 3. The summed E-state index contributed by atoms with van der Waals surface area (Å²) in [7, 11) is 4.47. The van der Waals surface area contributed by atoms with Gasteiger partial charge >= 0.3 is 0 Å². The monoisotopic (exact) mass is 531 g/mol. The maximum absolute atomic E-state index is 13.5. The van der Waals surface area contributed by atoms with Crippen molar-refractivity contribution in [1.82, 2.24) is 0 Å². The molecule has 1 saturated heterocycles. The zero-order valence-corrected chi connectivity index (χ0v) is 23.0. The van der Waals surface area contributed by atoms with Gasteiger partial charge in [0.25, 0.3) is 11.7 Å². The van der Waals surface area contributed by atoms with Crippen LogP contribution in [-0.4, -0.2) is 44.7 Å². The van der Waals surface area contributed by atoms with E-state index in [1.54, 1.807) is 48.5 Å². The molecule has 0 radical (unpaired) electrons. The number of carbonyl (C=O) groups excluding carboxylic acids is 2. The summed E-state index contributed by atoms with van der Waals surface area (Å²) in [6.07, 6.45) is 0. The van der Waals surface area contributed by atoms with Gasteiger partial charge in [0, 0.05) is 11.3 Å². The predicted octanol–water partition coefficient (Wildman–Crippen LogP) is 5.68. The van der Waals surface area contributed by atoms with Crippen LogP contribution in [0.2, 0.25) is 0 Å². The van der Waals surface area contributed by atoms with E-state index < -0.39 is 17.7 Å². The van der Waals surface area contributed by atoms with E-state index >= 15 is 0 Å². The van der Waals surface area contributed by atoms with Crippen molar-refractivity contribution in [2.45, 2.75) is 26.8 Å². The van der Waals surface area contributed by atoms with Gasteiger partial charge in [-0.3, -0.25) is 14.5 Å². The number of aliphatic hydroxyl groups excluding tert-OH is 1. The Morgan fingerprint density at radius 3 is 2.00 bits per heavy atom. The maximum atomic E-state index is 13.5. The van der Waals surface area contributed by atoms with Crippen molar-refractivity contribution < 1.29 is 33.6 Å². The molecule has 1 amide bonds. The normalized spacial score (nSPS) is 16.5. The van der Waals surface area contributed by atoms with Gasteiger partial charge in [0.05, 0.1) is 39.6 Å². The highest BCUT2D eigenvalue weighted by Gasteiger charge is 2.47. The Bertz CT molecular complexity index is 1370. The van der Waals surface area contributed by atoms with E-state index in [1.807, 2.05) is 19.1 Å². The van der Waals surface area contributed by atoms with Crippen molar-refractivity contribution in [3.8, 4) is 23.0 Å². The Hall–Kier alpha value is -4.46. The molecule has 8 nitrogen and oxygen atoms in total. The molecule has 0 bridgehead atoms. The minimum absolute atomic E-state index is 0.0503. The second-order valence-corrected chi connectivity index (χ2v) is 9.69. The Morgan fingerprint density at radius 2 is 1.49 bits per heavy atom. The molecule has 0 saturated carbocycles. The van der Waals surface area contributed by atoms with Crippen LogP contribution in [0.25, 0.3) is 5.76 Å². The molecule has 1 aliphatic rings. The highest BCUT2D eigenvalue weighted by molar-refractivity contribution is 6.51. The number of aryl methyl sites for hydroxylation is 1. The maximum Gasteiger partial charge on any atom is 0.300 e. The molecular formula is C31H33NO7. The number of amides is 1. The molecule has 0 aliphatic carbocycles. The highest BCUT2D eigenvalue weighted by atomic mass is 16.5. The van der Waals surface area contributed by atoms with Gasteiger partial charge in [0.1, 0.15) is 11.5 Å². The van der Waals surface area contributed by atoms with Gasteiger partial charge < -0.3 is 24.1 Å². The summed E-state index contributed by atoms with van der Waals surface area (Å²) in [6.45, 7) is 6.59. The molecule has 3 aromatic carbocycles. The van der Waals surface area contributed by atoms with Crippen LogP contribution in [0.4, 0.5) is 5.69 Å². The van der Waals surface area contributed by atoms with Crippen molar-refractivity contribution >= 4 is 23.1 Å². The van der Waals surface area contributed by atoms with Crippen LogP contribution in [0.5, 0.6) is 23.0 Å². The molecular weight excluding hydrogens is 498 g/mol. The van der Waals surface area contributed by atoms with Crippen LogP contribution in [0.3, 0.4) is 0 Å². The lowest BCUT2D eigenvalue weighted by Crippen LogP contribution is -2.29. The van der Waals surface area contributed by atoms with E-state index in [9.17, 15) is 14.7 Å². The summed E-state index contributed by atoms with van der Waals surface area (Å²) < 4.78 is 22.3. The fourth-order valence-corrected chi connectivity index (χ4v) is 4.51. The van der Waals surface area contributed by atoms with E-state index in [0.717, 1.165) is 5.56 Å². The molecule has 0 spiro atoms. The number of anilines is 1. The molecule has 4 rings (SSSR count). The van der Waals surface area contributed by atoms with E-state index in [1.165, 1.54) is 26.2 Å². The lowest BCUT2D eigenvalue weighted by Gasteiger charge is -2.26. The first-order chi connectivity index (χ1) is 18.7. The summed E-state index contributed by atoms with van der Waals surface area (Å²) in [5, 5.41) is 11.5. The Balaban J connectivity index is 1.91. The predicted molar refractivity (Wildman–Crippen MR) is 149 cm³/mol. The molecule has 1 unspecified atom stereocenters. The van der Waals surface area contributed by atoms with Crippen molar-refractivity contribution in [1.29, 1.82) is 0 Å². The number of hydrogen-bond donors (Lipinski definition) is 1. The molecule has 1 fully saturated rings. The van der Waals surface area contributed by atoms with E-state index in [0.29, 0.717) is 52.3 Å². The molecule has 39 heavy (non-hydrogen) atoms. The van der Waals surface area contributed by atoms with Crippen LogP contribution in [0.1, 0.15) is 36.6 Å². The Kier molecular flexibility index (Phi) is 8.14. The average Bonchev–Trinajstić information content (AvgIpc) is 3.21. The average molecular weight is 532 g/mol. The quantitative estimate of drug-likeness (QED) is 0.216. The van der Waals surface area contributed by atoms with E-state index in [-0.39, 0.29) is 11.3 Å². The number of ketones is 1. The van der Waals surface area contributed by atoms with Gasteiger partial charge in [-0.05, 0) is 66.9 Å². The molecule has 8 heteroatoms. The van der Waals surface area contributed by atoms with Crippen LogP contribution in [-0.2, 0) is 9.59 Å². The fraction of sp³-hybridized carbons (Fsp3) is 0.290. The lowest BCUT2D eigenvalue weighted by atomic mass is 9.94. The summed E-state index contributed by atoms with van der Waals surface area (Å²) >= 11 is 0. The first-order valence-electron chi connectivity index (χ1n) is 12.6. The van der Waals surface area contributed by atoms with Crippen molar-refractivity contribution in [2.75, 3.05) is 32.8 Å². The second kappa shape index (κ2) is 11.5. The van der Waals surface area contributed by atoms with Crippen molar-refractivity contribution in [3.05, 3.63) is 82.9 Å². The van der Waals surface area contributed by atoms with Crippen LogP contribution < -0.4 is 23.8 Å². The molecule has 1 heterocycles. The number of ether oxygens (including phenoxy) is 4. The number of nitrogens with zero attached hydrogens (tertiary/aromatic N) is 1. The van der Waals surface area contributed by atoms with Crippen molar-refractivity contribution in [2.24, 2.45) is 5.92 Å². The minimum atomic E-state index is -0.960. The summed E-state index contributed by atoms with van der Waals surface area (Å²) in [5.74, 6) is 0.227. The molecule has 0 aromatic heterocycles. The number of aliphatic hydroxyl groups is 1. The number of rotatable bonds is 9. The number of Topliss-reactive ketones (excluding diaryl/α,β-unsaturated/α-hetero) is 1. The van der Waals surface area contributed by atoms with Crippen LogP contribution in [0, 0.1) is 12.8 Å². The SMILES string of the molecule is COc1cc(C2/C(=C(\O)c3ccc(OCC(C)C)cc3)C(=O)C(=O)N2c2ccc(C)cc2)cc(OC)c1OC. The smallest absolute Gasteiger partial charge is 0.300 e. The number of methoxy groups -OCH3 is 3. The number of carbonyl (C=O) groups is 2. The summed E-state index contributed by atoms with van der Waals surface area (Å²) in [6, 6.07) is 16.4. The van der Waals surface area contributed by atoms with Gasteiger partial charge in [-0.15, -0.1) is 0 Å². The Labute approximate surface area is 228 Å². The van der Waals surface area contributed by atoms with Gasteiger partial charge in [-0.2, -0.15) is 0 Å². The second-order valence-electron chi connectivity index (χ2n) is 9.69. The third-order valence-electron chi connectivity index (χ3n) is 6.47. The van der Waals surface area contributed by atoms with Gasteiger partial charge in [0.15, 0.2) is 11.5 Å². The molecule has 1 atom stereocenters. The number of hydrogen-bond acceptors (Lipinski definition) is 7. The lowest BCUT2D eigenvalue weighted by molar-refractivity contribution is -0.132. The minimum Gasteiger partial charge on any atom is -0.507 e. The fourth-order valence-electron chi connectivity index (χ4n) is 4.51. The highest BCUT2D eigenvalue weighted by Crippen LogP contribution is 2.47. The van der Waals surface area contributed by atoms with Crippen molar-refractivity contribution in [3.63, 3.8) is 0 Å². The third-order valence-corrected chi connectivity index (χ3v) is 6.47. The van der Waals surface area contributed by atoms with Gasteiger partial charge in [-0.1, -0.05) is 31.5 Å². The first kappa shape index (κ1) is 27.6. The standard InChI is InChI=1S/C31H33NO7/c1-18(2)17-39-23-13-9-20(10-14-23)28(33)26-27(21-15-24(36-4)30(38-6)25(16-21)37-5)32(31(35)29(26)34)22-11-7-19(3)8-12-22/h7-16,18,27,33H,17H2,1-6H3/b28-26+. The van der Waals surface area contributed by atoms with Crippen LogP contribution in [0.15, 0.2) is 66.2 Å². The Morgan fingerprint density at radius 1 is 0.897 bits per heavy atom. The zero-order chi connectivity index (χ0) is 28.3. The third kappa shape index (κ3) is 5.41. The molecule has 3 aromatic rings. The largest absolute Gasteiger partial charge is 0.507 e. The van der Waals surface area contributed by atoms with Crippen LogP contribution >= 0.6 is 0 Å². The summed E-state index contributed by atoms with van der Waals surface area (Å²) in [5.41, 5.74) is 2.34. The molecule has 204 valence electrons. The van der Waals surface area contributed by atoms with E-state index in [4.69, 9.17) is 18.9 Å². The van der Waals surface area contributed by atoms with Gasteiger partial charge in [0.2, 0.25) is 5.75 Å². The summed E-state index contributed by atoms with van der Waals surface area (Å²) in [4.78, 5) is 28.4. The first-order valence-corrected chi connectivity index (χ1v) is 12.6. The van der Waals surface area contributed by atoms with E-state index in [2.05, 4.69) is 13.8 Å². The van der Waals surface area contributed by atoms with Gasteiger partial charge in [-0.25, -0.2) is 0 Å².